The minimum Gasteiger partial charge on any atom is -0.463 e. The molecule has 0 bridgehead atoms. The van der Waals surface area contributed by atoms with Crippen LogP contribution < -0.4 is 10.6 Å². The molecule has 14 nitrogen and oxygen atoms in total. The maximum absolute atomic E-state index is 13.3. The first-order chi connectivity index (χ1) is 33.7. The maximum atomic E-state index is 13.3. The molecule has 0 saturated heterocycles. The quantitative estimate of drug-likeness (QED) is 0.0192. The van der Waals surface area contributed by atoms with Gasteiger partial charge in [0.05, 0.1) is 49.2 Å². The lowest BCUT2D eigenvalue weighted by atomic mass is 9.96. The molecule has 14 heteroatoms. The monoisotopic (exact) mass is 999 g/mol. The van der Waals surface area contributed by atoms with E-state index in [1.54, 1.807) is 7.05 Å². The van der Waals surface area contributed by atoms with Crippen molar-refractivity contribution >= 4 is 24.1 Å². The SMILES string of the molecule is CCCCCCC(C)CCCC(O)CN(CCO)CCCCC(NC)C(=O)NC(C=O)CCCCN(CC(O)CCCC(=O)OC(C)CCCCCC)CC(O)CCCC(=O)OC(C)CCCCCC. The predicted molar refractivity (Wildman–Crippen MR) is 285 cm³/mol. The number of nitrogens with one attached hydrogen (secondary N) is 2. The standard InChI is InChI=1S/C56H110N4O10/c1-8-11-14-17-27-46(4)28-24-32-50(63)42-59(40-41-61)38-23-21-35-53(57-7)56(68)58-49(45-62)31-20-22-39-60(43-51(64)33-25-36-54(66)69-47(5)29-18-15-12-9-2)44-52(65)34-26-37-55(67)70-48(6)30-19-16-13-10-3/h45-53,57,61,63-65H,8-44H2,1-7H3,(H,58,68). The van der Waals surface area contributed by atoms with Crippen molar-refractivity contribution in [2.75, 3.05) is 52.9 Å². The van der Waals surface area contributed by atoms with E-state index < -0.39 is 30.4 Å². The third kappa shape index (κ3) is 40.3. The van der Waals surface area contributed by atoms with E-state index in [1.807, 2.05) is 18.7 Å². The summed E-state index contributed by atoms with van der Waals surface area (Å²) in [4.78, 5) is 54.5. The predicted octanol–water partition coefficient (Wildman–Crippen LogP) is 9.20. The van der Waals surface area contributed by atoms with Crippen molar-refractivity contribution < 1.29 is 49.1 Å². The summed E-state index contributed by atoms with van der Waals surface area (Å²) in [6, 6.07) is -1.13. The Kier molecular flexibility index (Phi) is 45.1. The Morgan fingerprint density at radius 2 is 0.943 bits per heavy atom. The summed E-state index contributed by atoms with van der Waals surface area (Å²) in [5.74, 6) is -0.0640. The molecule has 0 radical (unpaired) electrons. The van der Waals surface area contributed by atoms with Crippen molar-refractivity contribution in [2.24, 2.45) is 5.92 Å². The molecule has 0 aliphatic heterocycles. The summed E-state index contributed by atoms with van der Waals surface area (Å²) < 4.78 is 11.2. The van der Waals surface area contributed by atoms with Gasteiger partial charge in [0.25, 0.3) is 0 Å². The van der Waals surface area contributed by atoms with Crippen LogP contribution in [-0.4, -0.2) is 150 Å². The smallest absolute Gasteiger partial charge is 0.306 e. The first-order valence-corrected chi connectivity index (χ1v) is 28.6. The number of rotatable bonds is 51. The molecular weight excluding hydrogens is 889 g/mol. The Labute approximate surface area is 427 Å². The van der Waals surface area contributed by atoms with E-state index >= 15 is 0 Å². The van der Waals surface area contributed by atoms with Gasteiger partial charge in [-0.15, -0.1) is 0 Å². The number of nitrogens with zero attached hydrogens (tertiary/aromatic N) is 2. The second kappa shape index (κ2) is 46.6. The molecule has 0 heterocycles. The molecule has 0 rings (SSSR count). The first kappa shape index (κ1) is 67.8. The zero-order chi connectivity index (χ0) is 52.2. The minimum atomic E-state index is -0.723. The van der Waals surface area contributed by atoms with Crippen LogP contribution in [0.5, 0.6) is 0 Å². The van der Waals surface area contributed by atoms with Crippen molar-refractivity contribution in [1.29, 1.82) is 0 Å². The van der Waals surface area contributed by atoms with Gasteiger partial charge >= 0.3 is 11.9 Å². The highest BCUT2D eigenvalue weighted by molar-refractivity contribution is 5.84. The summed E-state index contributed by atoms with van der Waals surface area (Å²) in [5, 5.41) is 48.6. The molecule has 0 aromatic heterocycles. The molecule has 0 saturated carbocycles. The molecule has 414 valence electrons. The van der Waals surface area contributed by atoms with E-state index in [0.717, 1.165) is 89.8 Å². The molecule has 0 aromatic carbocycles. The number of carbonyl (C=O) groups excluding carboxylic acids is 4. The van der Waals surface area contributed by atoms with E-state index in [2.05, 4.69) is 43.2 Å². The van der Waals surface area contributed by atoms with Crippen LogP contribution in [0.25, 0.3) is 0 Å². The fraction of sp³-hybridized carbons (Fsp3) is 0.929. The Balaban J connectivity index is 5.08. The van der Waals surface area contributed by atoms with Crippen molar-refractivity contribution in [3.63, 3.8) is 0 Å². The normalized spacial score (nSPS) is 15.3. The number of hydrogen-bond acceptors (Lipinski definition) is 13. The van der Waals surface area contributed by atoms with E-state index in [4.69, 9.17) is 9.47 Å². The zero-order valence-corrected chi connectivity index (χ0v) is 46.0. The number of esters is 2. The number of amides is 1. The van der Waals surface area contributed by atoms with Gasteiger partial charge in [-0.1, -0.05) is 118 Å². The molecule has 0 spiro atoms. The largest absolute Gasteiger partial charge is 0.463 e. The lowest BCUT2D eigenvalue weighted by Gasteiger charge is -2.27. The molecule has 8 unspecified atom stereocenters. The van der Waals surface area contributed by atoms with E-state index in [9.17, 15) is 39.6 Å². The lowest BCUT2D eigenvalue weighted by Crippen LogP contribution is -2.47. The number of likely N-dealkylation sites (N-methyl/N-ethyl adjacent to an activating group) is 1. The van der Waals surface area contributed by atoms with E-state index in [0.29, 0.717) is 96.6 Å². The van der Waals surface area contributed by atoms with Gasteiger partial charge in [-0.25, -0.2) is 0 Å². The Morgan fingerprint density at radius 1 is 0.514 bits per heavy atom. The number of aliphatic hydroxyl groups is 4. The molecular formula is C56H110N4O10. The van der Waals surface area contributed by atoms with Gasteiger partial charge in [-0.05, 0) is 130 Å². The van der Waals surface area contributed by atoms with Crippen LogP contribution in [0.4, 0.5) is 0 Å². The number of carbonyl (C=O) groups is 4. The topological polar surface area (TPSA) is 198 Å². The first-order valence-electron chi connectivity index (χ1n) is 28.6. The number of ether oxygens (including phenoxy) is 2. The zero-order valence-electron chi connectivity index (χ0n) is 46.0. The highest BCUT2D eigenvalue weighted by Gasteiger charge is 2.22. The summed E-state index contributed by atoms with van der Waals surface area (Å²) in [5.41, 5.74) is 0. The molecule has 0 fully saturated rings. The molecule has 0 aliphatic rings. The summed E-state index contributed by atoms with van der Waals surface area (Å²) in [7, 11) is 1.74. The van der Waals surface area contributed by atoms with E-state index in [-0.39, 0.29) is 49.5 Å². The van der Waals surface area contributed by atoms with Gasteiger partial charge in [-0.2, -0.15) is 0 Å². The number of aldehydes is 1. The number of hydrogen-bond donors (Lipinski definition) is 6. The molecule has 70 heavy (non-hydrogen) atoms. The van der Waals surface area contributed by atoms with Crippen LogP contribution >= 0.6 is 0 Å². The van der Waals surface area contributed by atoms with Gasteiger partial charge in [0, 0.05) is 39.0 Å². The van der Waals surface area contributed by atoms with Crippen LogP contribution in [0.2, 0.25) is 0 Å². The van der Waals surface area contributed by atoms with Crippen molar-refractivity contribution in [2.45, 2.75) is 277 Å². The highest BCUT2D eigenvalue weighted by Crippen LogP contribution is 2.19. The van der Waals surface area contributed by atoms with Crippen molar-refractivity contribution in [3.05, 3.63) is 0 Å². The van der Waals surface area contributed by atoms with Crippen LogP contribution in [0.15, 0.2) is 0 Å². The molecule has 8 atom stereocenters. The van der Waals surface area contributed by atoms with Crippen LogP contribution in [0.3, 0.4) is 0 Å². The lowest BCUT2D eigenvalue weighted by molar-refractivity contribution is -0.149. The molecule has 0 aliphatic carbocycles. The van der Waals surface area contributed by atoms with Gasteiger partial charge in [-0.3, -0.25) is 24.2 Å². The summed E-state index contributed by atoms with van der Waals surface area (Å²) in [6.07, 6.45) is 24.7. The molecule has 0 aromatic rings. The fourth-order valence-electron chi connectivity index (χ4n) is 9.24. The Bertz CT molecular complexity index is 1200. The van der Waals surface area contributed by atoms with Gasteiger partial charge < -0.3 is 45.3 Å². The average molecular weight is 1000 g/mol. The van der Waals surface area contributed by atoms with Gasteiger partial charge in [0.15, 0.2) is 0 Å². The highest BCUT2D eigenvalue weighted by atomic mass is 16.5. The van der Waals surface area contributed by atoms with Crippen molar-refractivity contribution in [3.8, 4) is 0 Å². The summed E-state index contributed by atoms with van der Waals surface area (Å²) >= 11 is 0. The Morgan fingerprint density at radius 3 is 1.41 bits per heavy atom. The molecule has 1 amide bonds. The van der Waals surface area contributed by atoms with Gasteiger partial charge in [0.2, 0.25) is 5.91 Å². The Hall–Kier alpha value is -2.20. The summed E-state index contributed by atoms with van der Waals surface area (Å²) in [6.45, 7) is 15.6. The minimum absolute atomic E-state index is 0.0225. The van der Waals surface area contributed by atoms with Crippen molar-refractivity contribution in [1.82, 2.24) is 20.4 Å². The van der Waals surface area contributed by atoms with Crippen LogP contribution in [0.1, 0.15) is 234 Å². The third-order valence-electron chi connectivity index (χ3n) is 13.7. The van der Waals surface area contributed by atoms with E-state index in [1.165, 1.54) is 44.9 Å². The third-order valence-corrected chi connectivity index (χ3v) is 13.7. The van der Waals surface area contributed by atoms with Gasteiger partial charge in [0.1, 0.15) is 6.29 Å². The average Bonchev–Trinajstić information content (AvgIpc) is 3.31. The van der Waals surface area contributed by atoms with Crippen LogP contribution in [0, 0.1) is 5.92 Å². The fourth-order valence-corrected chi connectivity index (χ4v) is 9.24. The van der Waals surface area contributed by atoms with Crippen LogP contribution in [-0.2, 0) is 28.7 Å². The second-order valence-electron chi connectivity index (χ2n) is 20.8. The molecule has 6 N–H and O–H groups in total. The second-order valence-corrected chi connectivity index (χ2v) is 20.8. The maximum Gasteiger partial charge on any atom is 0.306 e. The number of aliphatic hydroxyl groups excluding tert-OH is 4. The number of unbranched alkanes of at least 4 members (excludes halogenated alkanes) is 11.